The maximum absolute atomic E-state index is 11.3. The molecule has 3 N–H and O–H groups in total. The molecule has 0 spiro atoms. The highest BCUT2D eigenvalue weighted by Crippen LogP contribution is 2.12. The second-order valence-corrected chi connectivity index (χ2v) is 3.87. The molecule has 1 aromatic heterocycles. The number of nitrogens with zero attached hydrogens (tertiary/aromatic N) is 2. The predicted octanol–water partition coefficient (Wildman–Crippen LogP) is 1.48. The number of benzene rings is 1. The number of phenolic OH excluding ortho intramolecular Hbond substituents is 1. The molecule has 1 aromatic carbocycles. The standard InChI is InChI=1S/C13H14N4O2/c1-2-10-7-12(19)16-13(15-10)17-14-8-9-5-3-4-6-11(9)18/h3-8,18H,2H2,1H3,(H2,15,16,17,19)/b14-8-. The molecule has 0 saturated carbocycles. The van der Waals surface area contributed by atoms with Crippen molar-refractivity contribution >= 4 is 12.2 Å². The first-order chi connectivity index (χ1) is 9.19. The van der Waals surface area contributed by atoms with Gasteiger partial charge in [0.05, 0.1) is 6.21 Å². The highest BCUT2D eigenvalue weighted by atomic mass is 16.3. The number of rotatable bonds is 4. The van der Waals surface area contributed by atoms with Gasteiger partial charge in [0.15, 0.2) is 0 Å². The number of H-pyrrole nitrogens is 1. The molecule has 19 heavy (non-hydrogen) atoms. The minimum atomic E-state index is -0.230. The van der Waals surface area contributed by atoms with Crippen molar-refractivity contribution in [1.29, 1.82) is 0 Å². The summed E-state index contributed by atoms with van der Waals surface area (Å²) in [7, 11) is 0. The first-order valence-corrected chi connectivity index (χ1v) is 5.86. The monoisotopic (exact) mass is 258 g/mol. The minimum absolute atomic E-state index is 0.136. The van der Waals surface area contributed by atoms with Crippen LogP contribution in [0.2, 0.25) is 0 Å². The lowest BCUT2D eigenvalue weighted by atomic mass is 10.2. The van der Waals surface area contributed by atoms with E-state index >= 15 is 0 Å². The zero-order chi connectivity index (χ0) is 13.7. The van der Waals surface area contributed by atoms with Gasteiger partial charge in [-0.05, 0) is 18.6 Å². The summed E-state index contributed by atoms with van der Waals surface area (Å²) in [5.41, 5.74) is 3.66. The van der Waals surface area contributed by atoms with E-state index in [4.69, 9.17) is 0 Å². The second-order valence-electron chi connectivity index (χ2n) is 3.87. The smallest absolute Gasteiger partial charge is 0.252 e. The summed E-state index contributed by atoms with van der Waals surface area (Å²) >= 11 is 0. The van der Waals surface area contributed by atoms with E-state index in [2.05, 4.69) is 20.5 Å². The number of anilines is 1. The van der Waals surface area contributed by atoms with Crippen molar-refractivity contribution < 1.29 is 5.11 Å². The van der Waals surface area contributed by atoms with Crippen LogP contribution in [-0.2, 0) is 6.42 Å². The van der Waals surface area contributed by atoms with E-state index in [1.807, 2.05) is 6.92 Å². The van der Waals surface area contributed by atoms with E-state index in [0.29, 0.717) is 17.7 Å². The maximum atomic E-state index is 11.3. The molecule has 0 saturated heterocycles. The van der Waals surface area contributed by atoms with Gasteiger partial charge in [-0.25, -0.2) is 10.4 Å². The van der Waals surface area contributed by atoms with Gasteiger partial charge in [0.25, 0.3) is 5.56 Å². The van der Waals surface area contributed by atoms with Crippen molar-refractivity contribution in [3.8, 4) is 5.75 Å². The molecule has 1 heterocycles. The average molecular weight is 258 g/mol. The lowest BCUT2D eigenvalue weighted by Crippen LogP contribution is -2.11. The van der Waals surface area contributed by atoms with Gasteiger partial charge in [-0.2, -0.15) is 5.10 Å². The predicted molar refractivity (Wildman–Crippen MR) is 73.6 cm³/mol. The number of hydrogen-bond donors (Lipinski definition) is 3. The number of para-hydroxylation sites is 1. The van der Waals surface area contributed by atoms with Crippen LogP contribution in [0.3, 0.4) is 0 Å². The molecule has 0 aliphatic rings. The zero-order valence-corrected chi connectivity index (χ0v) is 10.4. The van der Waals surface area contributed by atoms with Crippen LogP contribution >= 0.6 is 0 Å². The molecule has 6 heteroatoms. The number of aryl methyl sites for hydroxylation is 1. The van der Waals surface area contributed by atoms with Crippen molar-refractivity contribution in [3.05, 3.63) is 51.9 Å². The SMILES string of the molecule is CCc1cc(=O)[nH]c(N/N=C\c2ccccc2O)n1. The number of nitrogens with one attached hydrogen (secondary N) is 2. The Hall–Kier alpha value is -2.63. The van der Waals surface area contributed by atoms with Crippen molar-refractivity contribution in [2.45, 2.75) is 13.3 Å². The fourth-order valence-corrected chi connectivity index (χ4v) is 1.50. The molecule has 0 bridgehead atoms. The third-order valence-electron chi connectivity index (χ3n) is 2.47. The Labute approximate surface area is 109 Å². The minimum Gasteiger partial charge on any atom is -0.507 e. The molecule has 2 aromatic rings. The second kappa shape index (κ2) is 5.81. The topological polar surface area (TPSA) is 90.4 Å². The van der Waals surface area contributed by atoms with Crippen molar-refractivity contribution in [2.75, 3.05) is 5.43 Å². The molecule has 0 fully saturated rings. The third kappa shape index (κ3) is 3.41. The molecule has 6 nitrogen and oxygen atoms in total. The first-order valence-electron chi connectivity index (χ1n) is 5.86. The van der Waals surface area contributed by atoms with Crippen molar-refractivity contribution in [3.63, 3.8) is 0 Å². The summed E-state index contributed by atoms with van der Waals surface area (Å²) in [6, 6.07) is 8.25. The Kier molecular flexibility index (Phi) is 3.92. The number of aromatic amines is 1. The van der Waals surface area contributed by atoms with Crippen LogP contribution in [0.15, 0.2) is 40.2 Å². The lowest BCUT2D eigenvalue weighted by Gasteiger charge is -2.01. The summed E-state index contributed by atoms with van der Waals surface area (Å²) in [4.78, 5) is 18.0. The van der Waals surface area contributed by atoms with Crippen LogP contribution in [0.4, 0.5) is 5.95 Å². The van der Waals surface area contributed by atoms with E-state index in [9.17, 15) is 9.90 Å². The number of aromatic hydroxyl groups is 1. The fourth-order valence-electron chi connectivity index (χ4n) is 1.50. The highest BCUT2D eigenvalue weighted by molar-refractivity contribution is 5.83. The summed E-state index contributed by atoms with van der Waals surface area (Å²) < 4.78 is 0. The van der Waals surface area contributed by atoms with Crippen molar-refractivity contribution in [2.24, 2.45) is 5.10 Å². The van der Waals surface area contributed by atoms with Gasteiger partial charge in [0, 0.05) is 17.3 Å². The molecule has 0 aliphatic heterocycles. The molecule has 98 valence electrons. The van der Waals surface area contributed by atoms with E-state index < -0.39 is 0 Å². The van der Waals surface area contributed by atoms with Crippen LogP contribution in [0, 0.1) is 0 Å². The first kappa shape index (κ1) is 12.8. The molecular weight excluding hydrogens is 244 g/mol. The van der Waals surface area contributed by atoms with Gasteiger partial charge in [0.2, 0.25) is 5.95 Å². The Bertz CT molecular complexity index is 649. The summed E-state index contributed by atoms with van der Waals surface area (Å²) in [5, 5.41) is 13.5. The van der Waals surface area contributed by atoms with Crippen LogP contribution < -0.4 is 11.0 Å². The molecule has 0 aliphatic carbocycles. The average Bonchev–Trinajstić information content (AvgIpc) is 2.40. The van der Waals surface area contributed by atoms with E-state index in [-0.39, 0.29) is 17.3 Å². The molecule has 0 amide bonds. The summed E-state index contributed by atoms with van der Waals surface area (Å²) in [5.74, 6) is 0.410. The Balaban J connectivity index is 2.13. The number of phenols is 1. The number of aromatic nitrogens is 2. The quantitative estimate of drug-likeness (QED) is 0.572. The maximum Gasteiger partial charge on any atom is 0.252 e. The molecule has 0 radical (unpaired) electrons. The molecular formula is C13H14N4O2. The summed E-state index contributed by atoms with van der Waals surface area (Å²) in [6.07, 6.45) is 2.12. The molecule has 0 unspecified atom stereocenters. The zero-order valence-electron chi connectivity index (χ0n) is 10.4. The van der Waals surface area contributed by atoms with E-state index in [0.717, 1.165) is 0 Å². The summed E-state index contributed by atoms with van der Waals surface area (Å²) in [6.45, 7) is 1.91. The van der Waals surface area contributed by atoms with Gasteiger partial charge in [-0.15, -0.1) is 0 Å². The largest absolute Gasteiger partial charge is 0.507 e. The van der Waals surface area contributed by atoms with Crippen molar-refractivity contribution in [1.82, 2.24) is 9.97 Å². The Morgan fingerprint density at radius 1 is 1.47 bits per heavy atom. The normalized spacial score (nSPS) is 10.8. The number of hydrogen-bond acceptors (Lipinski definition) is 5. The van der Waals surface area contributed by atoms with E-state index in [1.54, 1.807) is 24.3 Å². The van der Waals surface area contributed by atoms with Gasteiger partial charge in [-0.1, -0.05) is 19.1 Å². The van der Waals surface area contributed by atoms with Gasteiger partial charge in [0.1, 0.15) is 5.75 Å². The lowest BCUT2D eigenvalue weighted by molar-refractivity contribution is 0.474. The van der Waals surface area contributed by atoms with Crippen LogP contribution in [0.5, 0.6) is 5.75 Å². The molecule has 0 atom stereocenters. The Morgan fingerprint density at radius 2 is 2.26 bits per heavy atom. The van der Waals surface area contributed by atoms with Crippen LogP contribution in [0.25, 0.3) is 0 Å². The van der Waals surface area contributed by atoms with Crippen LogP contribution in [0.1, 0.15) is 18.2 Å². The van der Waals surface area contributed by atoms with E-state index in [1.165, 1.54) is 12.3 Å². The van der Waals surface area contributed by atoms with Crippen LogP contribution in [-0.4, -0.2) is 21.3 Å². The molecule has 2 rings (SSSR count). The Morgan fingerprint density at radius 3 is 3.00 bits per heavy atom. The number of hydrazone groups is 1. The van der Waals surface area contributed by atoms with Gasteiger partial charge >= 0.3 is 0 Å². The van der Waals surface area contributed by atoms with Gasteiger partial charge < -0.3 is 5.11 Å². The third-order valence-corrected chi connectivity index (χ3v) is 2.47. The fraction of sp³-hybridized carbons (Fsp3) is 0.154. The van der Waals surface area contributed by atoms with Gasteiger partial charge in [-0.3, -0.25) is 9.78 Å². The highest BCUT2D eigenvalue weighted by Gasteiger charge is 1.98.